The molecular weight excluding hydrogens is 520 g/mol. The first-order valence-electron chi connectivity index (χ1n) is 10.6. The highest BCUT2D eigenvalue weighted by atomic mass is 79.9. The summed E-state index contributed by atoms with van der Waals surface area (Å²) < 4.78 is 11.9. The van der Waals surface area contributed by atoms with E-state index in [1.807, 2.05) is 37.3 Å². The van der Waals surface area contributed by atoms with Crippen LogP contribution in [0.1, 0.15) is 55.6 Å². The van der Waals surface area contributed by atoms with Gasteiger partial charge in [-0.1, -0.05) is 51.0 Å². The zero-order chi connectivity index (χ0) is 24.1. The lowest BCUT2D eigenvalue weighted by molar-refractivity contribution is 0.0531. The monoisotopic (exact) mass is 538 g/mol. The van der Waals surface area contributed by atoms with Gasteiger partial charge in [0.25, 0.3) is 5.91 Å². The highest BCUT2D eigenvalue weighted by Crippen LogP contribution is 2.43. The summed E-state index contributed by atoms with van der Waals surface area (Å²) >= 11 is 4.54. The number of rotatable bonds is 4. The molecule has 0 aliphatic carbocycles. The van der Waals surface area contributed by atoms with E-state index in [0.29, 0.717) is 32.2 Å². The number of nitrogens with zero attached hydrogens (tertiary/aromatic N) is 2. The molecule has 0 N–H and O–H groups in total. The van der Waals surface area contributed by atoms with Gasteiger partial charge in [-0.15, -0.1) is 0 Å². The van der Waals surface area contributed by atoms with E-state index in [2.05, 4.69) is 20.9 Å². The van der Waals surface area contributed by atoms with Crippen LogP contribution >= 0.6 is 27.3 Å². The Balaban J connectivity index is 1.76. The number of carbonyl (C=O) groups excluding carboxylic acids is 2. The van der Waals surface area contributed by atoms with Gasteiger partial charge in [0.15, 0.2) is 10.6 Å². The van der Waals surface area contributed by atoms with E-state index in [1.165, 1.54) is 4.90 Å². The van der Waals surface area contributed by atoms with Crippen LogP contribution in [0.25, 0.3) is 11.0 Å². The Morgan fingerprint density at radius 3 is 2.74 bits per heavy atom. The van der Waals surface area contributed by atoms with Gasteiger partial charge in [0, 0.05) is 4.47 Å². The van der Waals surface area contributed by atoms with Crippen molar-refractivity contribution in [2.75, 3.05) is 11.5 Å². The smallest absolute Gasteiger partial charge is 0.350 e. The van der Waals surface area contributed by atoms with Gasteiger partial charge >= 0.3 is 5.97 Å². The molecule has 34 heavy (non-hydrogen) atoms. The Kier molecular flexibility index (Phi) is 5.61. The summed E-state index contributed by atoms with van der Waals surface area (Å²) in [5.74, 6) is -0.997. The van der Waals surface area contributed by atoms with Gasteiger partial charge in [-0.05, 0) is 50.6 Å². The van der Waals surface area contributed by atoms with E-state index in [9.17, 15) is 14.4 Å². The van der Waals surface area contributed by atoms with Crippen molar-refractivity contribution >= 4 is 55.2 Å². The average molecular weight is 539 g/mol. The molecular formula is C25H19BrN2O5S. The molecule has 0 radical (unpaired) electrons. The number of fused-ring (bicyclic) bond motifs is 2. The van der Waals surface area contributed by atoms with Crippen LogP contribution in [-0.2, 0) is 4.74 Å². The summed E-state index contributed by atoms with van der Waals surface area (Å²) in [5, 5.41) is 0.706. The number of aryl methyl sites for hydroxylation is 2. The summed E-state index contributed by atoms with van der Waals surface area (Å²) in [5.41, 5.74) is 2.42. The maximum Gasteiger partial charge on any atom is 0.350 e. The third kappa shape index (κ3) is 3.56. The second-order valence-electron chi connectivity index (χ2n) is 7.94. The molecule has 5 rings (SSSR count). The number of hydrogen-bond donors (Lipinski definition) is 0. The molecule has 1 unspecified atom stereocenters. The fourth-order valence-corrected chi connectivity index (χ4v) is 5.55. The van der Waals surface area contributed by atoms with Gasteiger partial charge in [0.05, 0.1) is 29.3 Å². The van der Waals surface area contributed by atoms with E-state index in [-0.39, 0.29) is 23.4 Å². The van der Waals surface area contributed by atoms with Crippen molar-refractivity contribution in [1.29, 1.82) is 0 Å². The molecule has 0 saturated heterocycles. The van der Waals surface area contributed by atoms with Crippen LogP contribution in [0, 0.1) is 13.8 Å². The molecule has 1 aliphatic rings. The molecule has 9 heteroatoms. The fraction of sp³-hybridized carbons (Fsp3) is 0.200. The van der Waals surface area contributed by atoms with Gasteiger partial charge in [-0.2, -0.15) is 0 Å². The van der Waals surface area contributed by atoms with Crippen molar-refractivity contribution in [3.8, 4) is 0 Å². The molecule has 2 aromatic heterocycles. The van der Waals surface area contributed by atoms with Crippen molar-refractivity contribution in [1.82, 2.24) is 4.98 Å². The largest absolute Gasteiger partial charge is 0.462 e. The average Bonchev–Trinajstić information content (AvgIpc) is 3.32. The Bertz CT molecular complexity index is 1540. The minimum absolute atomic E-state index is 0.0168. The van der Waals surface area contributed by atoms with E-state index in [0.717, 1.165) is 21.4 Å². The molecule has 0 spiro atoms. The lowest BCUT2D eigenvalue weighted by Crippen LogP contribution is -2.29. The van der Waals surface area contributed by atoms with Crippen LogP contribution in [-0.4, -0.2) is 23.5 Å². The predicted octanol–water partition coefficient (Wildman–Crippen LogP) is 5.56. The minimum atomic E-state index is -0.762. The highest BCUT2D eigenvalue weighted by Gasteiger charge is 2.45. The fourth-order valence-electron chi connectivity index (χ4n) is 4.15. The molecule has 0 saturated carbocycles. The van der Waals surface area contributed by atoms with Crippen LogP contribution in [0.15, 0.2) is 56.1 Å². The normalized spacial score (nSPS) is 15.1. The molecule has 172 valence electrons. The number of hydrogen-bond acceptors (Lipinski definition) is 7. The van der Waals surface area contributed by atoms with Gasteiger partial charge < -0.3 is 9.15 Å². The molecule has 1 atom stereocenters. The minimum Gasteiger partial charge on any atom is -0.462 e. The molecule has 4 aromatic rings. The lowest BCUT2D eigenvalue weighted by atomic mass is 9.98. The van der Waals surface area contributed by atoms with E-state index >= 15 is 0 Å². The van der Waals surface area contributed by atoms with Crippen molar-refractivity contribution in [3.63, 3.8) is 0 Å². The van der Waals surface area contributed by atoms with Crippen LogP contribution in [0.3, 0.4) is 0 Å². The number of benzene rings is 2. The molecule has 2 aromatic carbocycles. The third-order valence-corrected chi connectivity index (χ3v) is 7.27. The summed E-state index contributed by atoms with van der Waals surface area (Å²) in [7, 11) is 0. The van der Waals surface area contributed by atoms with Crippen molar-refractivity contribution < 1.29 is 18.7 Å². The highest BCUT2D eigenvalue weighted by molar-refractivity contribution is 9.10. The van der Waals surface area contributed by atoms with Crippen LogP contribution < -0.4 is 10.3 Å². The van der Waals surface area contributed by atoms with Crippen molar-refractivity contribution in [2.24, 2.45) is 0 Å². The number of anilines is 1. The standard InChI is InChI=1S/C25H19BrN2O5S/c1-4-32-24(31)22-13(3)27-25(34-22)28-19(14-6-5-7-15(26)11-14)18-20(29)16-10-12(2)8-9-17(16)33-21(18)23(28)30/h5-11,19H,4H2,1-3H3. The summed E-state index contributed by atoms with van der Waals surface area (Å²) in [6.45, 7) is 5.53. The number of thiazole rings is 1. The van der Waals surface area contributed by atoms with E-state index < -0.39 is 17.9 Å². The number of aromatic nitrogens is 1. The third-order valence-electron chi connectivity index (χ3n) is 5.64. The Hall–Kier alpha value is -3.30. The predicted molar refractivity (Wildman–Crippen MR) is 133 cm³/mol. The summed E-state index contributed by atoms with van der Waals surface area (Å²) in [4.78, 5) is 46.0. The topological polar surface area (TPSA) is 89.7 Å². The number of amides is 1. The number of carbonyl (C=O) groups is 2. The molecule has 0 fully saturated rings. The quantitative estimate of drug-likeness (QED) is 0.316. The van der Waals surface area contributed by atoms with Gasteiger partial charge in [0.2, 0.25) is 5.76 Å². The SMILES string of the molecule is CCOC(=O)c1sc(N2C(=O)c3oc4ccc(C)cc4c(=O)c3C2c2cccc(Br)c2)nc1C. The number of esters is 1. The zero-order valence-corrected chi connectivity index (χ0v) is 21.0. The lowest BCUT2D eigenvalue weighted by Gasteiger charge is -2.22. The number of halogens is 1. The first kappa shape index (κ1) is 22.5. The van der Waals surface area contributed by atoms with Crippen molar-refractivity contribution in [3.05, 3.63) is 90.2 Å². The van der Waals surface area contributed by atoms with Gasteiger partial charge in [0.1, 0.15) is 10.5 Å². The maximum absolute atomic E-state index is 13.7. The molecule has 7 nitrogen and oxygen atoms in total. The number of ether oxygens (including phenoxy) is 1. The molecule has 1 aliphatic heterocycles. The summed E-state index contributed by atoms with van der Waals surface area (Å²) in [6, 6.07) is 11.9. The zero-order valence-electron chi connectivity index (χ0n) is 18.5. The van der Waals surface area contributed by atoms with Crippen molar-refractivity contribution in [2.45, 2.75) is 26.8 Å². The van der Waals surface area contributed by atoms with Crippen LogP contribution in [0.5, 0.6) is 0 Å². The van der Waals surface area contributed by atoms with Crippen LogP contribution in [0.2, 0.25) is 0 Å². The summed E-state index contributed by atoms with van der Waals surface area (Å²) in [6.07, 6.45) is 0. The maximum atomic E-state index is 13.7. The first-order valence-corrected chi connectivity index (χ1v) is 12.2. The Morgan fingerprint density at radius 1 is 1.21 bits per heavy atom. The molecule has 3 heterocycles. The Morgan fingerprint density at radius 2 is 2.00 bits per heavy atom. The van der Waals surface area contributed by atoms with Gasteiger partial charge in [-0.3, -0.25) is 14.5 Å². The second kappa shape index (κ2) is 8.48. The van der Waals surface area contributed by atoms with E-state index in [4.69, 9.17) is 9.15 Å². The van der Waals surface area contributed by atoms with E-state index in [1.54, 1.807) is 26.0 Å². The molecule has 1 amide bonds. The second-order valence-corrected chi connectivity index (χ2v) is 9.83. The van der Waals surface area contributed by atoms with Gasteiger partial charge in [-0.25, -0.2) is 9.78 Å². The van der Waals surface area contributed by atoms with Crippen LogP contribution in [0.4, 0.5) is 5.13 Å². The molecule has 0 bridgehead atoms. The first-order chi connectivity index (χ1) is 16.3. The Labute approximate surface area is 207 Å².